The Labute approximate surface area is 210 Å². The van der Waals surface area contributed by atoms with Crippen molar-refractivity contribution in [1.82, 2.24) is 20.9 Å². The van der Waals surface area contributed by atoms with Gasteiger partial charge in [0, 0.05) is 37.6 Å². The van der Waals surface area contributed by atoms with Gasteiger partial charge in [0.15, 0.2) is 0 Å². The Morgan fingerprint density at radius 3 is 2.46 bits per heavy atom. The number of nitrogens with one attached hydrogen (secondary N) is 3. The molecule has 196 valence electrons. The second-order valence-corrected chi connectivity index (χ2v) is 9.92. The molecule has 2 fully saturated rings. The van der Waals surface area contributed by atoms with Crippen LogP contribution in [0.25, 0.3) is 0 Å². The van der Waals surface area contributed by atoms with Crippen LogP contribution in [0.3, 0.4) is 0 Å². The summed E-state index contributed by atoms with van der Waals surface area (Å²) < 4.78 is 10.9. The third-order valence-corrected chi connectivity index (χ3v) is 7.54. The Morgan fingerprint density at radius 1 is 1.06 bits per heavy atom. The van der Waals surface area contributed by atoms with Crippen LogP contribution in [0.2, 0.25) is 0 Å². The lowest BCUT2D eigenvalue weighted by Crippen LogP contribution is -2.55. The standard InChI is InChI=1S/C27H44N4O4/c1-20(24(28-2)21-11-6-4-7-12-21)30-26(32)31-17-10-15-23(19-31)25(22-13-8-5-9-14-22)35-18-16-29-27(33)34-3/h5,8-9,13-14,20-21,23-25,28H,4,6-7,10-12,15-19H2,1-3H3,(H,29,33)(H,30,32)/t20?,23-,24?,25?/m1/s1. The zero-order chi connectivity index (χ0) is 25.0. The van der Waals surface area contributed by atoms with Crippen LogP contribution in [0.5, 0.6) is 0 Å². The molecule has 1 heterocycles. The van der Waals surface area contributed by atoms with Crippen molar-refractivity contribution in [2.75, 3.05) is 40.4 Å². The molecule has 1 aliphatic heterocycles. The molecule has 1 saturated heterocycles. The minimum atomic E-state index is -0.465. The van der Waals surface area contributed by atoms with Gasteiger partial charge in [-0.2, -0.15) is 0 Å². The second kappa shape index (κ2) is 14.3. The van der Waals surface area contributed by atoms with Gasteiger partial charge in [-0.25, -0.2) is 9.59 Å². The molecule has 1 aromatic carbocycles. The number of nitrogens with zero attached hydrogens (tertiary/aromatic N) is 1. The van der Waals surface area contributed by atoms with E-state index in [2.05, 4.69) is 39.7 Å². The quantitative estimate of drug-likeness (QED) is 0.432. The number of hydrogen-bond acceptors (Lipinski definition) is 5. The van der Waals surface area contributed by atoms with E-state index in [-0.39, 0.29) is 24.1 Å². The Morgan fingerprint density at radius 2 is 1.77 bits per heavy atom. The first-order valence-electron chi connectivity index (χ1n) is 13.2. The van der Waals surface area contributed by atoms with Gasteiger partial charge in [-0.05, 0) is 51.1 Å². The first-order valence-corrected chi connectivity index (χ1v) is 13.2. The average molecular weight is 489 g/mol. The number of hydrogen-bond donors (Lipinski definition) is 3. The van der Waals surface area contributed by atoms with Gasteiger partial charge in [0.1, 0.15) is 0 Å². The fourth-order valence-corrected chi connectivity index (χ4v) is 5.76. The van der Waals surface area contributed by atoms with E-state index in [0.717, 1.165) is 24.9 Å². The smallest absolute Gasteiger partial charge is 0.406 e. The Hall–Kier alpha value is -2.32. The highest BCUT2D eigenvalue weighted by Crippen LogP contribution is 2.33. The summed E-state index contributed by atoms with van der Waals surface area (Å²) in [6.45, 7) is 4.28. The van der Waals surface area contributed by atoms with Crippen molar-refractivity contribution < 1.29 is 19.1 Å². The fraction of sp³-hybridized carbons (Fsp3) is 0.704. The number of rotatable bonds is 10. The first kappa shape index (κ1) is 27.3. The summed E-state index contributed by atoms with van der Waals surface area (Å²) in [7, 11) is 3.36. The van der Waals surface area contributed by atoms with Gasteiger partial charge in [0.05, 0.1) is 19.8 Å². The molecule has 0 bridgehead atoms. The van der Waals surface area contributed by atoms with Gasteiger partial charge in [0.2, 0.25) is 0 Å². The number of carbonyl (C=O) groups excluding carboxylic acids is 2. The van der Waals surface area contributed by atoms with Crippen molar-refractivity contribution in [3.63, 3.8) is 0 Å². The van der Waals surface area contributed by atoms with Gasteiger partial charge in [-0.3, -0.25) is 0 Å². The molecule has 3 unspecified atom stereocenters. The van der Waals surface area contributed by atoms with Crippen LogP contribution in [0.4, 0.5) is 9.59 Å². The van der Waals surface area contributed by atoms with E-state index >= 15 is 0 Å². The lowest BCUT2D eigenvalue weighted by Gasteiger charge is -2.39. The van der Waals surface area contributed by atoms with Crippen molar-refractivity contribution in [2.24, 2.45) is 11.8 Å². The number of ether oxygens (including phenoxy) is 2. The summed E-state index contributed by atoms with van der Waals surface area (Å²) in [5.41, 5.74) is 1.10. The molecular formula is C27H44N4O4. The summed E-state index contributed by atoms with van der Waals surface area (Å²) >= 11 is 0. The average Bonchev–Trinajstić information content (AvgIpc) is 2.90. The predicted molar refractivity (Wildman–Crippen MR) is 137 cm³/mol. The van der Waals surface area contributed by atoms with Gasteiger partial charge < -0.3 is 30.3 Å². The minimum absolute atomic E-state index is 0.0115. The van der Waals surface area contributed by atoms with E-state index in [0.29, 0.717) is 31.7 Å². The van der Waals surface area contributed by atoms with Gasteiger partial charge in [0.25, 0.3) is 0 Å². The number of piperidine rings is 1. The van der Waals surface area contributed by atoms with E-state index in [9.17, 15) is 9.59 Å². The molecule has 1 aliphatic carbocycles. The van der Waals surface area contributed by atoms with Crippen molar-refractivity contribution in [3.05, 3.63) is 35.9 Å². The maximum absolute atomic E-state index is 13.3. The van der Waals surface area contributed by atoms with E-state index in [1.807, 2.05) is 30.1 Å². The number of likely N-dealkylation sites (tertiary alicyclic amines) is 1. The van der Waals surface area contributed by atoms with Crippen molar-refractivity contribution in [1.29, 1.82) is 0 Å². The number of urea groups is 1. The number of likely N-dealkylation sites (N-methyl/N-ethyl adjacent to an activating group) is 1. The molecule has 0 radical (unpaired) electrons. The SMILES string of the molecule is CNC(C1CCCCC1)C(C)NC(=O)N1CCC[C@@H](C(OCCNC(=O)OC)c2ccccc2)C1. The van der Waals surface area contributed by atoms with Crippen LogP contribution in [-0.4, -0.2) is 69.5 Å². The third-order valence-electron chi connectivity index (χ3n) is 7.54. The van der Waals surface area contributed by atoms with Gasteiger partial charge in [-0.15, -0.1) is 0 Å². The molecule has 8 heteroatoms. The van der Waals surface area contributed by atoms with E-state index in [1.54, 1.807) is 0 Å². The Kier molecular flexibility index (Phi) is 11.1. The molecule has 0 spiro atoms. The first-order chi connectivity index (χ1) is 17.0. The number of methoxy groups -OCH3 is 1. The van der Waals surface area contributed by atoms with Gasteiger partial charge in [-0.1, -0.05) is 49.6 Å². The lowest BCUT2D eigenvalue weighted by molar-refractivity contribution is -0.00868. The number of amides is 3. The second-order valence-electron chi connectivity index (χ2n) is 9.92. The summed E-state index contributed by atoms with van der Waals surface area (Å²) in [5, 5.41) is 9.43. The molecule has 3 rings (SSSR count). The number of carbonyl (C=O) groups is 2. The molecule has 1 saturated carbocycles. The van der Waals surface area contributed by atoms with E-state index in [4.69, 9.17) is 4.74 Å². The third kappa shape index (κ3) is 8.10. The zero-order valence-electron chi connectivity index (χ0n) is 21.6. The van der Waals surface area contributed by atoms with Crippen LogP contribution >= 0.6 is 0 Å². The summed E-state index contributed by atoms with van der Waals surface area (Å²) in [6, 6.07) is 10.5. The Balaban J connectivity index is 1.59. The highest BCUT2D eigenvalue weighted by Gasteiger charge is 2.33. The molecule has 3 N–H and O–H groups in total. The zero-order valence-corrected chi connectivity index (χ0v) is 21.6. The van der Waals surface area contributed by atoms with Crippen LogP contribution in [-0.2, 0) is 9.47 Å². The monoisotopic (exact) mass is 488 g/mol. The number of benzene rings is 1. The topological polar surface area (TPSA) is 91.9 Å². The molecule has 8 nitrogen and oxygen atoms in total. The van der Waals surface area contributed by atoms with Crippen molar-refractivity contribution in [2.45, 2.75) is 70.1 Å². The van der Waals surface area contributed by atoms with E-state index < -0.39 is 6.09 Å². The largest absolute Gasteiger partial charge is 0.453 e. The Bertz CT molecular complexity index is 772. The molecule has 4 atom stereocenters. The van der Waals surface area contributed by atoms with Crippen molar-refractivity contribution in [3.8, 4) is 0 Å². The summed E-state index contributed by atoms with van der Waals surface area (Å²) in [6.07, 6.45) is 7.69. The molecule has 35 heavy (non-hydrogen) atoms. The molecule has 3 amide bonds. The van der Waals surface area contributed by atoms with E-state index in [1.165, 1.54) is 39.2 Å². The minimum Gasteiger partial charge on any atom is -0.453 e. The van der Waals surface area contributed by atoms with Gasteiger partial charge >= 0.3 is 12.1 Å². The predicted octanol–water partition coefficient (Wildman–Crippen LogP) is 4.08. The number of alkyl carbamates (subject to hydrolysis) is 1. The summed E-state index contributed by atoms with van der Waals surface area (Å²) in [5.74, 6) is 0.802. The highest BCUT2D eigenvalue weighted by molar-refractivity contribution is 5.74. The maximum atomic E-state index is 13.3. The summed E-state index contributed by atoms with van der Waals surface area (Å²) in [4.78, 5) is 26.6. The molecular weight excluding hydrogens is 444 g/mol. The normalized spacial score (nSPS) is 21.6. The van der Waals surface area contributed by atoms with Crippen LogP contribution in [0, 0.1) is 11.8 Å². The van der Waals surface area contributed by atoms with Crippen LogP contribution < -0.4 is 16.0 Å². The molecule has 1 aromatic rings. The highest BCUT2D eigenvalue weighted by atomic mass is 16.5. The molecule has 0 aromatic heterocycles. The maximum Gasteiger partial charge on any atom is 0.406 e. The fourth-order valence-electron chi connectivity index (χ4n) is 5.76. The van der Waals surface area contributed by atoms with Crippen LogP contribution in [0.1, 0.15) is 63.5 Å². The molecule has 2 aliphatic rings. The van der Waals surface area contributed by atoms with Crippen LogP contribution in [0.15, 0.2) is 30.3 Å². The lowest BCUT2D eigenvalue weighted by atomic mass is 9.81. The van der Waals surface area contributed by atoms with Crippen molar-refractivity contribution >= 4 is 12.1 Å².